The van der Waals surface area contributed by atoms with Crippen LogP contribution in [0.25, 0.3) is 0 Å². The minimum Gasteiger partial charge on any atom is -0.396 e. The maximum absolute atomic E-state index is 9.18. The molecule has 2 nitrogen and oxygen atoms in total. The highest BCUT2D eigenvalue weighted by Gasteiger charge is 2.18. The summed E-state index contributed by atoms with van der Waals surface area (Å²) in [6.07, 6.45) is 0.694. The summed E-state index contributed by atoms with van der Waals surface area (Å²) in [6, 6.07) is 8.04. The number of hydrogen-bond acceptors (Lipinski definition) is 2. The molecule has 2 heteroatoms. The van der Waals surface area contributed by atoms with Gasteiger partial charge in [-0.15, -0.1) is 0 Å². The number of rotatable bonds is 4. The molecule has 0 radical (unpaired) electrons. The van der Waals surface area contributed by atoms with Crippen molar-refractivity contribution in [2.24, 2.45) is 0 Å². The smallest absolute Gasteiger partial charge is 0.0522 e. The molecule has 2 N–H and O–H groups in total. The molecule has 1 rings (SSSR count). The van der Waals surface area contributed by atoms with Gasteiger partial charge < -0.3 is 10.2 Å². The Hall–Kier alpha value is -0.860. The van der Waals surface area contributed by atoms with Crippen LogP contribution in [0.5, 0.6) is 0 Å². The number of benzene rings is 1. The Kier molecular flexibility index (Phi) is 3.67. The molecule has 1 aromatic rings. The molecule has 0 spiro atoms. The zero-order valence-electron chi connectivity index (χ0n) is 8.83. The summed E-state index contributed by atoms with van der Waals surface area (Å²) in [5, 5.41) is 17.9. The van der Waals surface area contributed by atoms with E-state index in [1.807, 2.05) is 38.1 Å². The Morgan fingerprint density at radius 3 is 2.07 bits per heavy atom. The second kappa shape index (κ2) is 4.58. The summed E-state index contributed by atoms with van der Waals surface area (Å²) in [5.74, 6) is 0. The molecule has 0 aromatic heterocycles. The van der Waals surface area contributed by atoms with Crippen molar-refractivity contribution in [3.63, 3.8) is 0 Å². The quantitative estimate of drug-likeness (QED) is 0.762. The number of aliphatic hydroxyl groups is 2. The van der Waals surface area contributed by atoms with Gasteiger partial charge in [-0.1, -0.05) is 38.1 Å². The van der Waals surface area contributed by atoms with E-state index >= 15 is 0 Å². The minimum absolute atomic E-state index is 0.145. The van der Waals surface area contributed by atoms with Gasteiger partial charge in [0.15, 0.2) is 0 Å². The van der Waals surface area contributed by atoms with E-state index in [-0.39, 0.29) is 18.6 Å². The second-order valence-electron chi connectivity index (χ2n) is 4.21. The van der Waals surface area contributed by atoms with Crippen LogP contribution in [-0.4, -0.2) is 23.4 Å². The van der Waals surface area contributed by atoms with Gasteiger partial charge in [0.2, 0.25) is 0 Å². The van der Waals surface area contributed by atoms with Gasteiger partial charge in [-0.25, -0.2) is 0 Å². The highest BCUT2D eigenvalue weighted by molar-refractivity contribution is 5.28. The van der Waals surface area contributed by atoms with Gasteiger partial charge in [-0.3, -0.25) is 0 Å². The average Bonchev–Trinajstić information content (AvgIpc) is 2.19. The molecule has 78 valence electrons. The summed E-state index contributed by atoms with van der Waals surface area (Å²) in [5.41, 5.74) is 2.07. The first-order valence-corrected chi connectivity index (χ1v) is 4.91. The highest BCUT2D eigenvalue weighted by Crippen LogP contribution is 2.22. The molecule has 0 bridgehead atoms. The summed E-state index contributed by atoms with van der Waals surface area (Å²) in [7, 11) is 0. The van der Waals surface area contributed by atoms with Crippen molar-refractivity contribution in [2.75, 3.05) is 13.2 Å². The van der Waals surface area contributed by atoms with Crippen molar-refractivity contribution in [1.82, 2.24) is 0 Å². The Morgan fingerprint density at radius 2 is 1.64 bits per heavy atom. The molecule has 0 aliphatic rings. The van der Waals surface area contributed by atoms with E-state index in [1.165, 1.54) is 0 Å². The van der Waals surface area contributed by atoms with Gasteiger partial charge in [-0.05, 0) is 17.5 Å². The summed E-state index contributed by atoms with van der Waals surface area (Å²) < 4.78 is 0. The average molecular weight is 194 g/mol. The summed E-state index contributed by atoms with van der Waals surface area (Å²) >= 11 is 0. The molecule has 0 fully saturated rings. The molecule has 1 aromatic carbocycles. The zero-order chi connectivity index (χ0) is 10.6. The molecule has 0 aliphatic carbocycles. The number of hydrogen-bond donors (Lipinski definition) is 2. The van der Waals surface area contributed by atoms with Gasteiger partial charge in [0.25, 0.3) is 0 Å². The lowest BCUT2D eigenvalue weighted by Crippen LogP contribution is -2.21. The van der Waals surface area contributed by atoms with Gasteiger partial charge >= 0.3 is 0 Å². The van der Waals surface area contributed by atoms with Crippen LogP contribution >= 0.6 is 0 Å². The van der Waals surface area contributed by atoms with E-state index in [9.17, 15) is 5.11 Å². The van der Waals surface area contributed by atoms with Gasteiger partial charge in [0.1, 0.15) is 0 Å². The predicted octanol–water partition coefficient (Wildman–Crippen LogP) is 1.49. The molecular formula is C12H18O2. The van der Waals surface area contributed by atoms with E-state index in [4.69, 9.17) is 5.11 Å². The molecular weight excluding hydrogens is 176 g/mol. The number of aliphatic hydroxyl groups excluding tert-OH is 2. The van der Waals surface area contributed by atoms with Gasteiger partial charge in [-0.2, -0.15) is 0 Å². The fourth-order valence-electron chi connectivity index (χ4n) is 1.34. The first-order chi connectivity index (χ1) is 6.60. The highest BCUT2D eigenvalue weighted by atomic mass is 16.3. The van der Waals surface area contributed by atoms with Crippen molar-refractivity contribution in [1.29, 1.82) is 0 Å². The normalized spacial score (nSPS) is 11.7. The standard InChI is InChI=1S/C12H18O2/c1-12(2,9-14)11-5-3-10(4-6-11)7-8-13/h3-6,13-14H,7-9H2,1-2H3. The molecule has 0 atom stereocenters. The summed E-state index contributed by atoms with van der Waals surface area (Å²) in [4.78, 5) is 0. The first-order valence-electron chi connectivity index (χ1n) is 4.91. The van der Waals surface area contributed by atoms with Crippen molar-refractivity contribution >= 4 is 0 Å². The van der Waals surface area contributed by atoms with Gasteiger partial charge in [0.05, 0.1) is 6.61 Å². The Labute approximate surface area is 85.2 Å². The molecule has 0 unspecified atom stereocenters. The van der Waals surface area contributed by atoms with Crippen molar-refractivity contribution in [2.45, 2.75) is 25.7 Å². The van der Waals surface area contributed by atoms with Crippen LogP contribution in [0.1, 0.15) is 25.0 Å². The first kappa shape index (κ1) is 11.2. The molecule has 0 aliphatic heterocycles. The molecule has 0 saturated heterocycles. The topological polar surface area (TPSA) is 40.5 Å². The minimum atomic E-state index is -0.183. The van der Waals surface area contributed by atoms with Crippen LogP contribution < -0.4 is 0 Å². The van der Waals surface area contributed by atoms with E-state index < -0.39 is 0 Å². The maximum Gasteiger partial charge on any atom is 0.0522 e. The Balaban J connectivity index is 2.82. The third-order valence-corrected chi connectivity index (χ3v) is 2.53. The van der Waals surface area contributed by atoms with Crippen LogP contribution in [0, 0.1) is 0 Å². The van der Waals surface area contributed by atoms with Crippen LogP contribution in [0.2, 0.25) is 0 Å². The molecule has 0 saturated carbocycles. The molecule has 0 amide bonds. The second-order valence-corrected chi connectivity index (χ2v) is 4.21. The molecule has 0 heterocycles. The van der Waals surface area contributed by atoms with E-state index in [0.29, 0.717) is 6.42 Å². The Morgan fingerprint density at radius 1 is 1.07 bits per heavy atom. The van der Waals surface area contributed by atoms with E-state index in [1.54, 1.807) is 0 Å². The predicted molar refractivity (Wildman–Crippen MR) is 57.3 cm³/mol. The van der Waals surface area contributed by atoms with E-state index in [2.05, 4.69) is 0 Å². The lowest BCUT2D eigenvalue weighted by molar-refractivity contribution is 0.218. The van der Waals surface area contributed by atoms with Crippen molar-refractivity contribution in [3.8, 4) is 0 Å². The zero-order valence-corrected chi connectivity index (χ0v) is 8.83. The lowest BCUT2D eigenvalue weighted by Gasteiger charge is -2.22. The van der Waals surface area contributed by atoms with Crippen molar-refractivity contribution in [3.05, 3.63) is 35.4 Å². The van der Waals surface area contributed by atoms with Crippen LogP contribution in [-0.2, 0) is 11.8 Å². The summed E-state index contributed by atoms with van der Waals surface area (Å²) in [6.45, 7) is 4.34. The monoisotopic (exact) mass is 194 g/mol. The third-order valence-electron chi connectivity index (χ3n) is 2.53. The largest absolute Gasteiger partial charge is 0.396 e. The lowest BCUT2D eigenvalue weighted by atomic mass is 9.85. The van der Waals surface area contributed by atoms with Crippen LogP contribution in [0.3, 0.4) is 0 Å². The molecule has 14 heavy (non-hydrogen) atoms. The van der Waals surface area contributed by atoms with E-state index in [0.717, 1.165) is 11.1 Å². The van der Waals surface area contributed by atoms with Gasteiger partial charge in [0, 0.05) is 12.0 Å². The van der Waals surface area contributed by atoms with Crippen LogP contribution in [0.15, 0.2) is 24.3 Å². The fraction of sp³-hybridized carbons (Fsp3) is 0.500. The SMILES string of the molecule is CC(C)(CO)c1ccc(CCO)cc1. The Bertz CT molecular complexity index is 275. The fourth-order valence-corrected chi connectivity index (χ4v) is 1.34. The van der Waals surface area contributed by atoms with Crippen molar-refractivity contribution < 1.29 is 10.2 Å². The maximum atomic E-state index is 9.18. The third kappa shape index (κ3) is 2.56. The van der Waals surface area contributed by atoms with Crippen LogP contribution in [0.4, 0.5) is 0 Å².